The largest absolute Gasteiger partial charge is 0.444 e. The van der Waals surface area contributed by atoms with Gasteiger partial charge < -0.3 is 14.5 Å². The van der Waals surface area contributed by atoms with Gasteiger partial charge in [-0.1, -0.05) is 30.3 Å². The molecule has 1 fully saturated rings. The van der Waals surface area contributed by atoms with Gasteiger partial charge in [-0.15, -0.1) is 0 Å². The Morgan fingerprint density at radius 1 is 1.16 bits per heavy atom. The van der Waals surface area contributed by atoms with Crippen molar-refractivity contribution in [3.05, 3.63) is 58.6 Å². The molecule has 3 aromatic rings. The Kier molecular flexibility index (Phi) is 7.39. The molecule has 1 aromatic heterocycles. The van der Waals surface area contributed by atoms with E-state index < -0.39 is 29.5 Å². The Bertz CT molecular complexity index is 1390. The molecule has 0 saturated carbocycles. The lowest BCUT2D eigenvalue weighted by molar-refractivity contribution is -0.128. The number of ether oxygens (including phenoxy) is 1. The molecule has 2 amide bonds. The van der Waals surface area contributed by atoms with Crippen LogP contribution in [-0.2, 0) is 23.0 Å². The molecule has 1 aliphatic rings. The molecule has 194 valence electrons. The van der Waals surface area contributed by atoms with Crippen LogP contribution in [0.15, 0.2) is 51.7 Å². The van der Waals surface area contributed by atoms with Crippen molar-refractivity contribution in [1.29, 1.82) is 5.26 Å². The number of carbonyl (C=O) groups excluding carboxylic acids is 2. The molecule has 1 N–H and O–H groups in total. The topological polar surface area (TPSA) is 118 Å². The zero-order valence-electron chi connectivity index (χ0n) is 21.6. The minimum Gasteiger partial charge on any atom is -0.444 e. The molecule has 2 atom stereocenters. The maximum Gasteiger partial charge on any atom is 0.419 e. The van der Waals surface area contributed by atoms with Gasteiger partial charge in [-0.3, -0.25) is 14.3 Å². The zero-order chi connectivity index (χ0) is 26.7. The summed E-state index contributed by atoms with van der Waals surface area (Å²) in [6.07, 6.45) is 1.99. The number of benzene rings is 2. The van der Waals surface area contributed by atoms with E-state index in [1.54, 1.807) is 33.9 Å². The number of aryl methyl sites for hydroxylation is 1. The van der Waals surface area contributed by atoms with Crippen LogP contribution >= 0.6 is 0 Å². The number of nitrogens with one attached hydrogen (secondary N) is 1. The van der Waals surface area contributed by atoms with Crippen molar-refractivity contribution >= 4 is 23.1 Å². The van der Waals surface area contributed by atoms with E-state index in [2.05, 4.69) is 11.4 Å². The smallest absolute Gasteiger partial charge is 0.419 e. The first kappa shape index (κ1) is 26.0. The molecule has 1 saturated heterocycles. The number of nitriles is 1. The fraction of sp³-hybridized carbons (Fsp3) is 0.429. The number of oxazole rings is 1. The highest BCUT2D eigenvalue weighted by Crippen LogP contribution is 2.25. The fourth-order valence-corrected chi connectivity index (χ4v) is 4.52. The molecule has 4 rings (SSSR count). The number of rotatable bonds is 5. The molecule has 0 bridgehead atoms. The van der Waals surface area contributed by atoms with Crippen LogP contribution in [0.2, 0.25) is 0 Å². The van der Waals surface area contributed by atoms with Gasteiger partial charge in [0.15, 0.2) is 5.58 Å². The summed E-state index contributed by atoms with van der Waals surface area (Å²) >= 11 is 0. The van der Waals surface area contributed by atoms with E-state index in [-0.39, 0.29) is 5.91 Å². The van der Waals surface area contributed by atoms with Crippen molar-refractivity contribution in [2.45, 2.75) is 64.1 Å². The van der Waals surface area contributed by atoms with Crippen LogP contribution < -0.4 is 11.1 Å². The standard InChI is InChI=1S/C28H32N4O5/c1-28(2,3)37-27(35)32-14-6-5-7-22(32)25(33)30-21(17-29)15-18-8-10-19(11-9-18)20-12-13-24-23(16-20)31(4)26(34)36-24/h8-13,16,21-22H,5-7,14-15H2,1-4H3,(H,30,33). The minimum absolute atomic E-state index is 0.330. The Morgan fingerprint density at radius 2 is 1.86 bits per heavy atom. The average Bonchev–Trinajstić information content (AvgIpc) is 3.15. The Hall–Kier alpha value is -4.06. The molecule has 1 aliphatic heterocycles. The summed E-state index contributed by atoms with van der Waals surface area (Å²) in [7, 11) is 1.66. The van der Waals surface area contributed by atoms with Gasteiger partial charge >= 0.3 is 11.8 Å². The molecular weight excluding hydrogens is 472 g/mol. The first-order valence-electron chi connectivity index (χ1n) is 12.4. The molecule has 0 aliphatic carbocycles. The maximum atomic E-state index is 13.1. The molecule has 2 unspecified atom stereocenters. The molecule has 37 heavy (non-hydrogen) atoms. The van der Waals surface area contributed by atoms with E-state index in [9.17, 15) is 19.6 Å². The lowest BCUT2D eigenvalue weighted by Gasteiger charge is -2.36. The summed E-state index contributed by atoms with van der Waals surface area (Å²) in [4.78, 5) is 39.0. The normalized spacial score (nSPS) is 16.7. The maximum absolute atomic E-state index is 13.1. The monoisotopic (exact) mass is 504 g/mol. The second-order valence-electron chi connectivity index (χ2n) is 10.4. The summed E-state index contributed by atoms with van der Waals surface area (Å²) in [5.41, 5.74) is 3.36. The van der Waals surface area contributed by atoms with E-state index in [0.717, 1.165) is 29.5 Å². The van der Waals surface area contributed by atoms with Gasteiger partial charge in [0.25, 0.3) is 0 Å². The molecular formula is C28H32N4O5. The first-order chi connectivity index (χ1) is 17.6. The van der Waals surface area contributed by atoms with Crippen LogP contribution in [0.25, 0.3) is 22.2 Å². The first-order valence-corrected chi connectivity index (χ1v) is 12.4. The highest BCUT2D eigenvalue weighted by molar-refractivity contribution is 5.86. The predicted octanol–water partition coefficient (Wildman–Crippen LogP) is 4.14. The van der Waals surface area contributed by atoms with Gasteiger partial charge in [-0.05, 0) is 68.9 Å². The summed E-state index contributed by atoms with van der Waals surface area (Å²) in [6, 6.07) is 14.0. The van der Waals surface area contributed by atoms with Crippen LogP contribution in [0, 0.1) is 11.3 Å². The van der Waals surface area contributed by atoms with Crippen molar-refractivity contribution in [3.63, 3.8) is 0 Å². The van der Waals surface area contributed by atoms with Gasteiger partial charge in [0.05, 0.1) is 11.6 Å². The summed E-state index contributed by atoms with van der Waals surface area (Å²) in [6.45, 7) is 5.82. The molecule has 2 heterocycles. The van der Waals surface area contributed by atoms with Crippen LogP contribution in [0.3, 0.4) is 0 Å². The second-order valence-corrected chi connectivity index (χ2v) is 10.4. The number of hydrogen-bond acceptors (Lipinski definition) is 6. The van der Waals surface area contributed by atoms with Crippen LogP contribution in [-0.4, -0.2) is 45.7 Å². The number of piperidine rings is 1. The highest BCUT2D eigenvalue weighted by Gasteiger charge is 2.35. The Labute approximate surface area is 215 Å². The van der Waals surface area contributed by atoms with E-state index in [4.69, 9.17) is 9.15 Å². The lowest BCUT2D eigenvalue weighted by atomic mass is 9.99. The number of likely N-dealkylation sites (tertiary alicyclic amines) is 1. The SMILES string of the molecule is Cn1c(=O)oc2ccc(-c3ccc(CC(C#N)NC(=O)C4CCCCN4C(=O)OC(C)(C)C)cc3)cc21. The number of nitrogens with zero attached hydrogens (tertiary/aromatic N) is 3. The molecule has 0 radical (unpaired) electrons. The Morgan fingerprint density at radius 3 is 2.54 bits per heavy atom. The van der Waals surface area contributed by atoms with Gasteiger partial charge in [0, 0.05) is 20.0 Å². The van der Waals surface area contributed by atoms with Crippen molar-refractivity contribution in [2.75, 3.05) is 6.54 Å². The van der Waals surface area contributed by atoms with Crippen LogP contribution in [0.1, 0.15) is 45.6 Å². The summed E-state index contributed by atoms with van der Waals surface area (Å²) in [5, 5.41) is 12.5. The Balaban J connectivity index is 1.42. The quantitative estimate of drug-likeness (QED) is 0.558. The van der Waals surface area contributed by atoms with E-state index >= 15 is 0 Å². The number of aromatic nitrogens is 1. The fourth-order valence-electron chi connectivity index (χ4n) is 4.52. The van der Waals surface area contributed by atoms with Crippen molar-refractivity contribution < 1.29 is 18.7 Å². The van der Waals surface area contributed by atoms with E-state index in [1.165, 1.54) is 9.47 Å². The molecule has 2 aromatic carbocycles. The van der Waals surface area contributed by atoms with Gasteiger partial charge in [0.2, 0.25) is 5.91 Å². The van der Waals surface area contributed by atoms with Gasteiger partial charge in [-0.2, -0.15) is 5.26 Å². The van der Waals surface area contributed by atoms with E-state index in [1.807, 2.05) is 36.4 Å². The highest BCUT2D eigenvalue weighted by atomic mass is 16.6. The molecule has 9 nitrogen and oxygen atoms in total. The lowest BCUT2D eigenvalue weighted by Crippen LogP contribution is -2.54. The third kappa shape index (κ3) is 6.02. The third-order valence-electron chi connectivity index (χ3n) is 6.42. The molecule has 9 heteroatoms. The van der Waals surface area contributed by atoms with Crippen molar-refractivity contribution in [1.82, 2.24) is 14.8 Å². The third-order valence-corrected chi connectivity index (χ3v) is 6.42. The zero-order valence-corrected chi connectivity index (χ0v) is 21.6. The summed E-state index contributed by atoms with van der Waals surface area (Å²) in [5.74, 6) is -0.748. The molecule has 0 spiro atoms. The number of carbonyl (C=O) groups is 2. The number of amides is 2. The summed E-state index contributed by atoms with van der Waals surface area (Å²) < 4.78 is 12.1. The second kappa shape index (κ2) is 10.5. The van der Waals surface area contributed by atoms with Gasteiger partial charge in [0.1, 0.15) is 17.7 Å². The average molecular weight is 505 g/mol. The van der Waals surface area contributed by atoms with E-state index in [0.29, 0.717) is 30.5 Å². The van der Waals surface area contributed by atoms with Crippen molar-refractivity contribution in [3.8, 4) is 17.2 Å². The number of fused-ring (bicyclic) bond motifs is 1. The number of hydrogen-bond donors (Lipinski definition) is 1. The van der Waals surface area contributed by atoms with Gasteiger partial charge in [-0.25, -0.2) is 9.59 Å². The van der Waals surface area contributed by atoms with Crippen LogP contribution in [0.4, 0.5) is 4.79 Å². The predicted molar refractivity (Wildman–Crippen MR) is 139 cm³/mol. The minimum atomic E-state index is -0.738. The van der Waals surface area contributed by atoms with Crippen molar-refractivity contribution in [2.24, 2.45) is 7.05 Å². The van der Waals surface area contributed by atoms with Crippen LogP contribution in [0.5, 0.6) is 0 Å².